The highest BCUT2D eigenvalue weighted by Crippen LogP contribution is 2.13. The Morgan fingerprint density at radius 1 is 1.12 bits per heavy atom. The van der Waals surface area contributed by atoms with Crippen LogP contribution in [0, 0.1) is 6.92 Å². The zero-order chi connectivity index (χ0) is 11.8. The molecule has 84 valence electrons. The summed E-state index contributed by atoms with van der Waals surface area (Å²) in [5, 5.41) is 4.24. The average molecular weight is 236 g/mol. The lowest BCUT2D eigenvalue weighted by Crippen LogP contribution is -1.99. The summed E-state index contributed by atoms with van der Waals surface area (Å²) in [6.45, 7) is 1.90. The minimum absolute atomic E-state index is 0.320. The third-order valence-corrected chi connectivity index (χ3v) is 3.38. The van der Waals surface area contributed by atoms with Crippen molar-refractivity contribution in [3.63, 3.8) is 0 Å². The lowest BCUT2D eigenvalue weighted by atomic mass is 10.3. The summed E-state index contributed by atoms with van der Waals surface area (Å²) in [5.74, 6) is 0. The van der Waals surface area contributed by atoms with Crippen LogP contribution in [-0.4, -0.2) is 24.5 Å². The third-order valence-electron chi connectivity index (χ3n) is 2.25. The van der Waals surface area contributed by atoms with Crippen LogP contribution in [0.5, 0.6) is 0 Å². The van der Waals surface area contributed by atoms with E-state index < -0.39 is 9.84 Å². The van der Waals surface area contributed by atoms with Gasteiger partial charge in [0.2, 0.25) is 0 Å². The van der Waals surface area contributed by atoms with E-state index in [1.165, 1.54) is 6.26 Å². The molecule has 5 heteroatoms. The highest BCUT2D eigenvalue weighted by Gasteiger charge is 2.06. The fraction of sp³-hybridized carbons (Fsp3) is 0.182. The van der Waals surface area contributed by atoms with E-state index in [1.54, 1.807) is 28.9 Å². The molecule has 0 fully saturated rings. The Morgan fingerprint density at radius 2 is 1.75 bits per heavy atom. The highest BCUT2D eigenvalue weighted by molar-refractivity contribution is 7.90. The van der Waals surface area contributed by atoms with Crippen LogP contribution < -0.4 is 0 Å². The van der Waals surface area contributed by atoms with Crippen LogP contribution in [0.3, 0.4) is 0 Å². The Bertz CT molecular complexity index is 597. The molecule has 0 unspecified atom stereocenters. The molecule has 0 radical (unpaired) electrons. The molecule has 0 bridgehead atoms. The van der Waals surface area contributed by atoms with Crippen molar-refractivity contribution in [2.75, 3.05) is 6.26 Å². The number of nitrogens with zero attached hydrogens (tertiary/aromatic N) is 2. The van der Waals surface area contributed by atoms with E-state index in [9.17, 15) is 8.42 Å². The van der Waals surface area contributed by atoms with Crippen LogP contribution >= 0.6 is 0 Å². The maximum Gasteiger partial charge on any atom is 0.175 e. The van der Waals surface area contributed by atoms with E-state index in [-0.39, 0.29) is 0 Å². The van der Waals surface area contributed by atoms with Crippen molar-refractivity contribution in [1.82, 2.24) is 9.78 Å². The summed E-state index contributed by atoms with van der Waals surface area (Å²) in [4.78, 5) is 0.320. The van der Waals surface area contributed by atoms with Gasteiger partial charge in [0, 0.05) is 12.5 Å². The van der Waals surface area contributed by atoms with Crippen molar-refractivity contribution in [2.24, 2.45) is 0 Å². The molecule has 0 atom stereocenters. The summed E-state index contributed by atoms with van der Waals surface area (Å²) in [6.07, 6.45) is 3.03. The topological polar surface area (TPSA) is 52.0 Å². The first-order valence-corrected chi connectivity index (χ1v) is 6.69. The Balaban J connectivity index is 2.40. The van der Waals surface area contributed by atoms with Crippen LogP contribution in [0.1, 0.15) is 5.69 Å². The van der Waals surface area contributed by atoms with Crippen molar-refractivity contribution >= 4 is 9.84 Å². The molecule has 16 heavy (non-hydrogen) atoms. The van der Waals surface area contributed by atoms with Gasteiger partial charge < -0.3 is 0 Å². The fourth-order valence-corrected chi connectivity index (χ4v) is 2.04. The summed E-state index contributed by atoms with van der Waals surface area (Å²) in [7, 11) is -3.13. The lowest BCUT2D eigenvalue weighted by molar-refractivity contribution is 0.602. The number of rotatable bonds is 2. The van der Waals surface area contributed by atoms with Gasteiger partial charge in [0.15, 0.2) is 9.84 Å². The molecule has 0 amide bonds. The summed E-state index contributed by atoms with van der Waals surface area (Å²) < 4.78 is 24.2. The average Bonchev–Trinajstić information content (AvgIpc) is 2.64. The van der Waals surface area contributed by atoms with Crippen molar-refractivity contribution < 1.29 is 8.42 Å². The van der Waals surface area contributed by atoms with Gasteiger partial charge in [0.25, 0.3) is 0 Å². The van der Waals surface area contributed by atoms with Gasteiger partial charge in [-0.05, 0) is 37.3 Å². The van der Waals surface area contributed by atoms with E-state index in [1.807, 2.05) is 19.2 Å². The van der Waals surface area contributed by atoms with E-state index in [0.29, 0.717) is 4.90 Å². The van der Waals surface area contributed by atoms with Gasteiger partial charge in [-0.25, -0.2) is 13.1 Å². The van der Waals surface area contributed by atoms with Gasteiger partial charge in [-0.2, -0.15) is 5.10 Å². The lowest BCUT2D eigenvalue weighted by Gasteiger charge is -2.02. The molecule has 0 spiro atoms. The Morgan fingerprint density at radius 3 is 2.19 bits per heavy atom. The highest BCUT2D eigenvalue weighted by atomic mass is 32.2. The molecule has 0 N–H and O–H groups in total. The molecule has 0 saturated carbocycles. The quantitative estimate of drug-likeness (QED) is 0.795. The number of aryl methyl sites for hydroxylation is 1. The molecule has 1 heterocycles. The zero-order valence-electron chi connectivity index (χ0n) is 9.08. The summed E-state index contributed by atoms with van der Waals surface area (Å²) in [5.41, 5.74) is 1.77. The molecule has 0 aliphatic rings. The van der Waals surface area contributed by atoms with Crippen molar-refractivity contribution in [1.29, 1.82) is 0 Å². The number of sulfone groups is 1. The van der Waals surface area contributed by atoms with Gasteiger partial charge >= 0.3 is 0 Å². The molecule has 4 nitrogen and oxygen atoms in total. The standard InChI is InChI=1S/C11H12N2O2S/c1-9-7-8-13(12-9)10-3-5-11(6-4-10)16(2,14)15/h3-8H,1-2H3. The summed E-state index contributed by atoms with van der Waals surface area (Å²) >= 11 is 0. The number of hydrogen-bond acceptors (Lipinski definition) is 3. The normalized spacial score (nSPS) is 11.6. The molecule has 2 aromatic rings. The molecule has 0 aliphatic carbocycles. The van der Waals surface area contributed by atoms with Crippen molar-refractivity contribution in [3.05, 3.63) is 42.2 Å². The number of benzene rings is 1. The number of aromatic nitrogens is 2. The van der Waals surface area contributed by atoms with Crippen LogP contribution in [0.15, 0.2) is 41.4 Å². The molecule has 0 aliphatic heterocycles. The monoisotopic (exact) mass is 236 g/mol. The third kappa shape index (κ3) is 2.14. The predicted molar refractivity (Wildman–Crippen MR) is 61.4 cm³/mol. The first-order valence-electron chi connectivity index (χ1n) is 4.79. The van der Waals surface area contributed by atoms with Gasteiger partial charge in [0.1, 0.15) is 0 Å². The SMILES string of the molecule is Cc1ccn(-c2ccc(S(C)(=O)=O)cc2)n1. The van der Waals surface area contributed by atoms with Gasteiger partial charge in [-0.3, -0.25) is 0 Å². The second kappa shape index (κ2) is 3.75. The first kappa shape index (κ1) is 10.9. The second-order valence-electron chi connectivity index (χ2n) is 3.67. The molecule has 1 aromatic heterocycles. The van der Waals surface area contributed by atoms with Crippen molar-refractivity contribution in [2.45, 2.75) is 11.8 Å². The van der Waals surface area contributed by atoms with Crippen LogP contribution in [0.2, 0.25) is 0 Å². The molecule has 0 saturated heterocycles. The zero-order valence-corrected chi connectivity index (χ0v) is 9.90. The minimum atomic E-state index is -3.13. The molecular formula is C11H12N2O2S. The second-order valence-corrected chi connectivity index (χ2v) is 5.68. The van der Waals surface area contributed by atoms with Gasteiger partial charge in [0.05, 0.1) is 16.3 Å². The predicted octanol–water partition coefficient (Wildman–Crippen LogP) is 1.58. The molecule has 1 aromatic carbocycles. The van der Waals surface area contributed by atoms with Gasteiger partial charge in [-0.15, -0.1) is 0 Å². The van der Waals surface area contributed by atoms with Crippen LogP contribution in [0.25, 0.3) is 5.69 Å². The van der Waals surface area contributed by atoms with E-state index in [2.05, 4.69) is 5.10 Å². The van der Waals surface area contributed by atoms with Crippen LogP contribution in [-0.2, 0) is 9.84 Å². The maximum absolute atomic E-state index is 11.3. The Kier molecular flexibility index (Phi) is 2.55. The molecule has 2 rings (SSSR count). The first-order chi connectivity index (χ1) is 7.47. The maximum atomic E-state index is 11.3. The minimum Gasteiger partial charge on any atom is -0.241 e. The Hall–Kier alpha value is -1.62. The largest absolute Gasteiger partial charge is 0.241 e. The van der Waals surface area contributed by atoms with Crippen molar-refractivity contribution in [3.8, 4) is 5.69 Å². The van der Waals surface area contributed by atoms with Gasteiger partial charge in [-0.1, -0.05) is 0 Å². The van der Waals surface area contributed by atoms with E-state index >= 15 is 0 Å². The fourth-order valence-electron chi connectivity index (χ4n) is 1.40. The van der Waals surface area contributed by atoms with Crippen LogP contribution in [0.4, 0.5) is 0 Å². The smallest absolute Gasteiger partial charge is 0.175 e. The van der Waals surface area contributed by atoms with E-state index in [4.69, 9.17) is 0 Å². The number of hydrogen-bond donors (Lipinski definition) is 0. The summed E-state index contributed by atoms with van der Waals surface area (Å²) in [6, 6.07) is 8.54. The molecular weight excluding hydrogens is 224 g/mol. The Labute approximate surface area is 94.5 Å². The van der Waals surface area contributed by atoms with E-state index in [0.717, 1.165) is 11.4 Å².